The molecular formula is C53H43BrO15. The Morgan fingerprint density at radius 1 is 0.406 bits per heavy atom. The topological polar surface area (TPSA) is 185 Å². The Labute approximate surface area is 404 Å². The van der Waals surface area contributed by atoms with Gasteiger partial charge in [-0.2, -0.15) is 0 Å². The van der Waals surface area contributed by atoms with Gasteiger partial charge in [-0.25, -0.2) is 28.8 Å². The average molecular weight is 1000 g/mol. The Morgan fingerprint density at radius 2 is 0.739 bits per heavy atom. The summed E-state index contributed by atoms with van der Waals surface area (Å²) < 4.78 is 55.9. The van der Waals surface area contributed by atoms with Crippen molar-refractivity contribution < 1.29 is 71.4 Å². The van der Waals surface area contributed by atoms with Crippen molar-refractivity contribution in [3.8, 4) is 0 Å². The van der Waals surface area contributed by atoms with Crippen molar-refractivity contribution in [2.24, 2.45) is 0 Å². The Hall–Kier alpha value is -7.50. The molecule has 2 saturated heterocycles. The molecule has 2 aliphatic heterocycles. The van der Waals surface area contributed by atoms with Gasteiger partial charge in [0.05, 0.1) is 40.0 Å². The summed E-state index contributed by atoms with van der Waals surface area (Å²) in [6.45, 7) is -0.964. The van der Waals surface area contributed by atoms with E-state index in [0.29, 0.717) is 0 Å². The van der Waals surface area contributed by atoms with E-state index in [-0.39, 0.29) is 40.0 Å². The predicted octanol–water partition coefficient (Wildman–Crippen LogP) is 7.83. The van der Waals surface area contributed by atoms with Gasteiger partial charge in [-0.15, -0.1) is 0 Å². The van der Waals surface area contributed by atoms with Gasteiger partial charge in [0.25, 0.3) is 0 Å². The van der Waals surface area contributed by atoms with Crippen LogP contribution in [0.3, 0.4) is 0 Å². The molecule has 2 aliphatic rings. The second kappa shape index (κ2) is 23.0. The number of hydrogen-bond acceptors (Lipinski definition) is 15. The highest BCUT2D eigenvalue weighted by Crippen LogP contribution is 2.36. The minimum atomic E-state index is -1.86. The normalized spacial score (nSPS) is 23.0. The fraction of sp³-hybridized carbons (Fsp3) is 0.208. The van der Waals surface area contributed by atoms with E-state index in [0.717, 1.165) is 0 Å². The zero-order valence-electron chi connectivity index (χ0n) is 36.4. The van der Waals surface area contributed by atoms with E-state index in [1.165, 1.54) is 72.8 Å². The molecule has 0 radical (unpaired) electrons. The Bertz CT molecular complexity index is 2680. The van der Waals surface area contributed by atoms with Crippen LogP contribution in [0, 0.1) is 0 Å². The molecule has 0 bridgehead atoms. The van der Waals surface area contributed by atoms with Crippen molar-refractivity contribution in [2.45, 2.75) is 54.0 Å². The quantitative estimate of drug-likeness (QED) is 0.0550. The van der Waals surface area contributed by atoms with Crippen LogP contribution in [0.2, 0.25) is 0 Å². The number of halogens is 1. The lowest BCUT2D eigenvalue weighted by atomic mass is 9.97. The van der Waals surface area contributed by atoms with Crippen molar-refractivity contribution in [3.05, 3.63) is 215 Å². The highest BCUT2D eigenvalue weighted by atomic mass is 79.9. The molecule has 15 nitrogen and oxygen atoms in total. The van der Waals surface area contributed by atoms with Gasteiger partial charge in [0.15, 0.2) is 41.8 Å². The highest BCUT2D eigenvalue weighted by Gasteiger charge is 2.56. The van der Waals surface area contributed by atoms with Gasteiger partial charge in [0.1, 0.15) is 18.8 Å². The largest absolute Gasteiger partial charge is 0.459 e. The standard InChI is InChI=1S/C53H43BrO15/c54-46-44(67-51(59)37-27-15-5-16-28-37)42(39(31-61-46)63-48(56)34-21-9-2-10-22-34)69-53-45(68-52(60)38-29-17-6-18-30-38)43(66-50(58)36-25-13-4-14-26-36)41(65-49(57)35-23-11-3-12-24-35)40(64-53)32-62-47(55)33-19-7-1-8-20-33/h1-30,39-46,53H,31-32H2/t39-,40-,41+,42-,43+,44+,45-,46-,53+/m1/s1. The second-order valence-electron chi connectivity index (χ2n) is 15.5. The van der Waals surface area contributed by atoms with Crippen molar-refractivity contribution in [2.75, 3.05) is 13.2 Å². The number of rotatable bonds is 15. The lowest BCUT2D eigenvalue weighted by molar-refractivity contribution is -0.328. The molecule has 0 amide bonds. The van der Waals surface area contributed by atoms with Gasteiger partial charge in [0, 0.05) is 0 Å². The maximum atomic E-state index is 14.2. The molecule has 0 N–H and O–H groups in total. The molecular weight excluding hydrogens is 956 g/mol. The van der Waals surface area contributed by atoms with Crippen LogP contribution in [-0.4, -0.2) is 103 Å². The lowest BCUT2D eigenvalue weighted by Gasteiger charge is -2.47. The van der Waals surface area contributed by atoms with E-state index in [1.807, 2.05) is 0 Å². The highest BCUT2D eigenvalue weighted by molar-refractivity contribution is 9.09. The molecule has 352 valence electrons. The number of carbonyl (C=O) groups excluding carboxylic acids is 6. The van der Waals surface area contributed by atoms with E-state index in [2.05, 4.69) is 15.9 Å². The Balaban J connectivity index is 1.24. The first kappa shape index (κ1) is 48.0. The first-order chi connectivity index (χ1) is 33.6. The average Bonchev–Trinajstić information content (AvgIpc) is 3.40. The van der Waals surface area contributed by atoms with E-state index in [1.54, 1.807) is 109 Å². The fourth-order valence-electron chi connectivity index (χ4n) is 7.46. The fourth-order valence-corrected chi connectivity index (χ4v) is 8.02. The number of benzene rings is 6. The van der Waals surface area contributed by atoms with Crippen molar-refractivity contribution in [1.29, 1.82) is 0 Å². The van der Waals surface area contributed by atoms with Crippen LogP contribution in [0.4, 0.5) is 0 Å². The number of alkyl halides is 1. The molecule has 6 aromatic carbocycles. The van der Waals surface area contributed by atoms with Crippen LogP contribution in [-0.2, 0) is 42.6 Å². The van der Waals surface area contributed by atoms with E-state index in [4.69, 9.17) is 42.6 Å². The van der Waals surface area contributed by atoms with Gasteiger partial charge < -0.3 is 42.6 Å². The Kier molecular flexibility index (Phi) is 16.0. The molecule has 0 aromatic heterocycles. The molecule has 2 fully saturated rings. The zero-order valence-corrected chi connectivity index (χ0v) is 38.0. The summed E-state index contributed by atoms with van der Waals surface area (Å²) in [6.07, 6.45) is -13.0. The zero-order chi connectivity index (χ0) is 48.1. The van der Waals surface area contributed by atoms with Crippen LogP contribution >= 0.6 is 15.9 Å². The summed E-state index contributed by atoms with van der Waals surface area (Å²) in [5.74, 6) is -5.15. The van der Waals surface area contributed by atoms with Gasteiger partial charge in [0.2, 0.25) is 0 Å². The minimum Gasteiger partial charge on any atom is -0.459 e. The molecule has 0 spiro atoms. The first-order valence-corrected chi connectivity index (χ1v) is 22.6. The SMILES string of the molecule is O=C(OC[C@H]1O[C@@H](O[C@H]2[C@H](OC(=O)c3ccccc3)[C@H](Br)OC[C@H]2OC(=O)c2ccccc2)[C@H](OC(=O)c2ccccc2)[C@@H](OC(=O)c2ccccc2)[C@H]1OC(=O)c1ccccc1)c1ccccc1. The van der Waals surface area contributed by atoms with Crippen molar-refractivity contribution >= 4 is 51.7 Å². The van der Waals surface area contributed by atoms with Crippen LogP contribution < -0.4 is 0 Å². The molecule has 0 saturated carbocycles. The summed E-state index contributed by atoms with van der Waals surface area (Å²) in [4.78, 5) is 83.5. The van der Waals surface area contributed by atoms with Crippen molar-refractivity contribution in [3.63, 3.8) is 0 Å². The lowest BCUT2D eigenvalue weighted by Crippen LogP contribution is -2.65. The van der Waals surface area contributed by atoms with Gasteiger partial charge in [-0.05, 0) is 72.8 Å². The monoisotopic (exact) mass is 998 g/mol. The summed E-state index contributed by atoms with van der Waals surface area (Å²) in [5, 5.41) is -1.09. The van der Waals surface area contributed by atoms with Crippen LogP contribution in [0.15, 0.2) is 182 Å². The maximum absolute atomic E-state index is 14.2. The molecule has 6 aromatic rings. The summed E-state index contributed by atoms with van der Waals surface area (Å²) >= 11 is 3.46. The van der Waals surface area contributed by atoms with Crippen LogP contribution in [0.5, 0.6) is 0 Å². The van der Waals surface area contributed by atoms with E-state index < -0.39 is 96.5 Å². The molecule has 2 heterocycles. The minimum absolute atomic E-state index is 0.0667. The van der Waals surface area contributed by atoms with Gasteiger partial charge >= 0.3 is 35.8 Å². The smallest absolute Gasteiger partial charge is 0.338 e. The second-order valence-corrected chi connectivity index (χ2v) is 16.4. The molecule has 16 heteroatoms. The summed E-state index contributed by atoms with van der Waals surface area (Å²) in [5.41, 5.74) is 0.754. The van der Waals surface area contributed by atoms with Crippen molar-refractivity contribution in [1.82, 2.24) is 0 Å². The van der Waals surface area contributed by atoms with Gasteiger partial charge in [-0.3, -0.25) is 0 Å². The molecule has 69 heavy (non-hydrogen) atoms. The molecule has 0 aliphatic carbocycles. The third kappa shape index (κ3) is 12.2. The maximum Gasteiger partial charge on any atom is 0.338 e. The third-order valence-electron chi connectivity index (χ3n) is 10.9. The third-order valence-corrected chi connectivity index (χ3v) is 11.7. The van der Waals surface area contributed by atoms with Crippen LogP contribution in [0.1, 0.15) is 62.1 Å². The molecule has 8 rings (SSSR count). The Morgan fingerprint density at radius 3 is 1.14 bits per heavy atom. The molecule has 9 atom stereocenters. The first-order valence-electron chi connectivity index (χ1n) is 21.7. The number of ether oxygens (including phenoxy) is 9. The number of carbonyl (C=O) groups is 6. The predicted molar refractivity (Wildman–Crippen MR) is 247 cm³/mol. The molecule has 0 unspecified atom stereocenters. The van der Waals surface area contributed by atoms with E-state index >= 15 is 0 Å². The number of hydrogen-bond donors (Lipinski definition) is 0. The van der Waals surface area contributed by atoms with Gasteiger partial charge in [-0.1, -0.05) is 125 Å². The summed E-state index contributed by atoms with van der Waals surface area (Å²) in [7, 11) is 0. The number of esters is 6. The van der Waals surface area contributed by atoms with Crippen LogP contribution in [0.25, 0.3) is 0 Å². The van der Waals surface area contributed by atoms with E-state index in [9.17, 15) is 28.8 Å². The summed E-state index contributed by atoms with van der Waals surface area (Å²) in [6, 6.07) is 47.8.